The van der Waals surface area contributed by atoms with E-state index in [2.05, 4.69) is 0 Å². The summed E-state index contributed by atoms with van der Waals surface area (Å²) in [6.07, 6.45) is 6.71. The van der Waals surface area contributed by atoms with Gasteiger partial charge in [-0.15, -0.1) is 0 Å². The minimum atomic E-state index is -0.183. The Kier molecular flexibility index (Phi) is 5.75. The van der Waals surface area contributed by atoms with Crippen molar-refractivity contribution in [2.75, 3.05) is 26.8 Å². The van der Waals surface area contributed by atoms with E-state index in [-0.39, 0.29) is 12.0 Å². The fraction of sp³-hybridized carbons (Fsp3) is 0.750. The molecule has 0 N–H and O–H groups in total. The first-order valence-corrected chi connectivity index (χ1v) is 5.85. The maximum absolute atomic E-state index is 11.6. The molecule has 1 amide bonds. The van der Waals surface area contributed by atoms with Crippen LogP contribution in [0.2, 0.25) is 0 Å². The second kappa shape index (κ2) is 7.14. The average Bonchev–Trinajstić information content (AvgIpc) is 2.34. The molecule has 0 aromatic carbocycles. The normalized spacial score (nSPS) is 18.5. The number of carbonyl (C=O) groups is 1. The highest BCUT2D eigenvalue weighted by molar-refractivity contribution is 5.67. The molecule has 0 radical (unpaired) electrons. The van der Waals surface area contributed by atoms with Crippen molar-refractivity contribution in [3.05, 3.63) is 12.3 Å². The molecule has 1 heterocycles. The summed E-state index contributed by atoms with van der Waals surface area (Å²) in [6.45, 7) is 4.07. The van der Waals surface area contributed by atoms with Crippen LogP contribution in [0.25, 0.3) is 0 Å². The number of nitrogens with zero attached hydrogens (tertiary/aromatic N) is 1. The zero-order chi connectivity index (χ0) is 11.8. The summed E-state index contributed by atoms with van der Waals surface area (Å²) in [5.41, 5.74) is 0. The summed E-state index contributed by atoms with van der Waals surface area (Å²) in [6, 6.07) is 0. The van der Waals surface area contributed by atoms with Crippen LogP contribution in [-0.2, 0) is 9.47 Å². The molecule has 4 nitrogen and oxygen atoms in total. The highest BCUT2D eigenvalue weighted by atomic mass is 16.6. The third-order valence-electron chi connectivity index (χ3n) is 2.63. The molecule has 1 atom stereocenters. The van der Waals surface area contributed by atoms with Crippen LogP contribution in [0.5, 0.6) is 0 Å². The minimum absolute atomic E-state index is 0.183. The van der Waals surface area contributed by atoms with Crippen molar-refractivity contribution in [1.29, 1.82) is 0 Å². The van der Waals surface area contributed by atoms with Gasteiger partial charge in [-0.05, 0) is 25.3 Å². The number of likely N-dealkylation sites (tertiary alicyclic amines) is 1. The monoisotopic (exact) mass is 227 g/mol. The Morgan fingerprint density at radius 3 is 2.69 bits per heavy atom. The van der Waals surface area contributed by atoms with Gasteiger partial charge in [0.25, 0.3) is 0 Å². The second-order valence-corrected chi connectivity index (χ2v) is 4.17. The summed E-state index contributed by atoms with van der Waals surface area (Å²) in [5.74, 6) is 0.189. The number of hydrogen-bond donors (Lipinski definition) is 0. The lowest BCUT2D eigenvalue weighted by Gasteiger charge is -2.26. The predicted octanol–water partition coefficient (Wildman–Crippen LogP) is 2.41. The molecule has 16 heavy (non-hydrogen) atoms. The molecule has 0 bridgehead atoms. The number of ether oxygens (including phenoxy) is 2. The van der Waals surface area contributed by atoms with Crippen LogP contribution in [0, 0.1) is 5.92 Å². The summed E-state index contributed by atoms with van der Waals surface area (Å²) in [4.78, 5) is 13.4. The van der Waals surface area contributed by atoms with Gasteiger partial charge in [0.2, 0.25) is 0 Å². The molecule has 92 valence electrons. The molecule has 0 aromatic rings. The lowest BCUT2D eigenvalue weighted by atomic mass is 10.1. The standard InChI is InChI=1S/C12H21NO3/c1-11(6-9-15-2)10-16-12(14)13-7-4-3-5-8-13/h6,9,11H,3-5,7-8,10H2,1-2H3. The van der Waals surface area contributed by atoms with E-state index in [0.29, 0.717) is 6.61 Å². The number of piperidine rings is 1. The van der Waals surface area contributed by atoms with Crippen LogP contribution in [0.1, 0.15) is 26.2 Å². The van der Waals surface area contributed by atoms with Gasteiger partial charge in [-0.2, -0.15) is 0 Å². The second-order valence-electron chi connectivity index (χ2n) is 4.17. The Morgan fingerprint density at radius 2 is 2.06 bits per heavy atom. The molecule has 0 saturated carbocycles. The first-order valence-electron chi connectivity index (χ1n) is 5.85. The van der Waals surface area contributed by atoms with Crippen molar-refractivity contribution in [3.63, 3.8) is 0 Å². The Bertz CT molecular complexity index is 234. The summed E-state index contributed by atoms with van der Waals surface area (Å²) in [5, 5.41) is 0. The quantitative estimate of drug-likeness (QED) is 0.692. The first-order chi connectivity index (χ1) is 7.74. The Morgan fingerprint density at radius 1 is 1.38 bits per heavy atom. The van der Waals surface area contributed by atoms with E-state index < -0.39 is 0 Å². The van der Waals surface area contributed by atoms with Gasteiger partial charge in [-0.3, -0.25) is 0 Å². The molecule has 1 saturated heterocycles. The fourth-order valence-electron chi connectivity index (χ4n) is 1.64. The van der Waals surface area contributed by atoms with Gasteiger partial charge in [0, 0.05) is 19.0 Å². The molecule has 0 spiro atoms. The van der Waals surface area contributed by atoms with Gasteiger partial charge in [0.1, 0.15) is 0 Å². The Balaban J connectivity index is 2.20. The third-order valence-corrected chi connectivity index (χ3v) is 2.63. The largest absolute Gasteiger partial charge is 0.505 e. The van der Waals surface area contributed by atoms with Crippen LogP contribution >= 0.6 is 0 Å². The van der Waals surface area contributed by atoms with E-state index in [4.69, 9.17) is 9.47 Å². The van der Waals surface area contributed by atoms with Crippen LogP contribution in [0.15, 0.2) is 12.3 Å². The van der Waals surface area contributed by atoms with Crippen molar-refractivity contribution in [2.24, 2.45) is 5.92 Å². The highest BCUT2D eigenvalue weighted by Crippen LogP contribution is 2.10. The molecule has 4 heteroatoms. The van der Waals surface area contributed by atoms with E-state index >= 15 is 0 Å². The summed E-state index contributed by atoms with van der Waals surface area (Å²) < 4.78 is 10.0. The lowest BCUT2D eigenvalue weighted by Crippen LogP contribution is -2.36. The van der Waals surface area contributed by atoms with Gasteiger partial charge in [0.15, 0.2) is 0 Å². The molecule has 1 unspecified atom stereocenters. The zero-order valence-corrected chi connectivity index (χ0v) is 10.1. The van der Waals surface area contributed by atoms with Gasteiger partial charge < -0.3 is 14.4 Å². The molecule has 0 aliphatic carbocycles. The van der Waals surface area contributed by atoms with Gasteiger partial charge in [0.05, 0.1) is 20.0 Å². The summed E-state index contributed by atoms with van der Waals surface area (Å²) in [7, 11) is 1.60. The van der Waals surface area contributed by atoms with Crippen LogP contribution < -0.4 is 0 Å². The maximum atomic E-state index is 11.6. The van der Waals surface area contributed by atoms with Gasteiger partial charge in [-0.1, -0.05) is 6.92 Å². The van der Waals surface area contributed by atoms with Crippen LogP contribution in [0.3, 0.4) is 0 Å². The van der Waals surface area contributed by atoms with E-state index in [1.807, 2.05) is 13.0 Å². The lowest BCUT2D eigenvalue weighted by molar-refractivity contribution is 0.0882. The molecular weight excluding hydrogens is 206 g/mol. The van der Waals surface area contributed by atoms with Crippen molar-refractivity contribution in [1.82, 2.24) is 4.90 Å². The van der Waals surface area contributed by atoms with E-state index in [0.717, 1.165) is 25.9 Å². The number of rotatable bonds is 4. The number of methoxy groups -OCH3 is 1. The predicted molar refractivity (Wildman–Crippen MR) is 62.1 cm³/mol. The van der Waals surface area contributed by atoms with Crippen molar-refractivity contribution in [3.8, 4) is 0 Å². The Labute approximate surface area is 97.2 Å². The van der Waals surface area contributed by atoms with Gasteiger partial charge >= 0.3 is 6.09 Å². The Hall–Kier alpha value is -1.19. The number of carbonyl (C=O) groups excluding carboxylic acids is 1. The molecular formula is C12H21NO3. The van der Waals surface area contributed by atoms with Crippen molar-refractivity contribution in [2.45, 2.75) is 26.2 Å². The number of amides is 1. The van der Waals surface area contributed by atoms with E-state index in [9.17, 15) is 4.79 Å². The SMILES string of the molecule is COC=CC(C)COC(=O)N1CCCCC1. The average molecular weight is 227 g/mol. The number of hydrogen-bond acceptors (Lipinski definition) is 3. The molecule has 1 aliphatic heterocycles. The molecule has 1 fully saturated rings. The highest BCUT2D eigenvalue weighted by Gasteiger charge is 2.17. The topological polar surface area (TPSA) is 38.8 Å². The molecule has 1 aliphatic rings. The maximum Gasteiger partial charge on any atom is 0.409 e. The first kappa shape index (κ1) is 12.9. The summed E-state index contributed by atoms with van der Waals surface area (Å²) >= 11 is 0. The van der Waals surface area contributed by atoms with E-state index in [1.165, 1.54) is 6.42 Å². The van der Waals surface area contributed by atoms with Crippen LogP contribution in [0.4, 0.5) is 4.79 Å². The van der Waals surface area contributed by atoms with Gasteiger partial charge in [-0.25, -0.2) is 4.79 Å². The molecule has 0 aromatic heterocycles. The minimum Gasteiger partial charge on any atom is -0.505 e. The fourth-order valence-corrected chi connectivity index (χ4v) is 1.64. The van der Waals surface area contributed by atoms with Crippen molar-refractivity contribution >= 4 is 6.09 Å². The van der Waals surface area contributed by atoms with Crippen LogP contribution in [-0.4, -0.2) is 37.8 Å². The van der Waals surface area contributed by atoms with Crippen molar-refractivity contribution < 1.29 is 14.3 Å². The third kappa shape index (κ3) is 4.55. The van der Waals surface area contributed by atoms with E-state index in [1.54, 1.807) is 18.3 Å². The smallest absolute Gasteiger partial charge is 0.409 e. The zero-order valence-electron chi connectivity index (χ0n) is 10.1. The molecule has 1 rings (SSSR count).